The number of hydrogen-bond donors (Lipinski definition) is 0. The number of carbonyl (C=O) groups excluding carboxylic acids is 1. The minimum Gasteiger partial charge on any atom is -0.426 e. The van der Waals surface area contributed by atoms with Gasteiger partial charge in [0.15, 0.2) is 0 Å². The Morgan fingerprint density at radius 3 is 2.14 bits per heavy atom. The van der Waals surface area contributed by atoms with E-state index in [1.807, 2.05) is 6.92 Å². The summed E-state index contributed by atoms with van der Waals surface area (Å²) in [6, 6.07) is 10.7. The zero-order chi connectivity index (χ0) is 20.9. The largest absolute Gasteiger partial charge is 0.426 e. The number of nitrogens with zero attached hydrogens (tertiary/aromatic N) is 1. The van der Waals surface area contributed by atoms with Crippen molar-refractivity contribution in [1.29, 1.82) is 0 Å². The van der Waals surface area contributed by atoms with Gasteiger partial charge >= 0.3 is 5.97 Å². The number of carbonyl (C=O) groups is 1. The van der Waals surface area contributed by atoms with E-state index in [1.165, 1.54) is 48.5 Å². The van der Waals surface area contributed by atoms with Gasteiger partial charge in [-0.05, 0) is 62.2 Å². The van der Waals surface area contributed by atoms with Crippen molar-refractivity contribution in [3.63, 3.8) is 0 Å². The summed E-state index contributed by atoms with van der Waals surface area (Å²) in [5.41, 5.74) is -0.261. The Balaban J connectivity index is 2.03. The third-order valence-corrected chi connectivity index (χ3v) is 5.56. The quantitative estimate of drug-likeness (QED) is 0.215. The lowest BCUT2D eigenvalue weighted by molar-refractivity contribution is -0.384. The third-order valence-electron chi connectivity index (χ3n) is 4.29. The number of rotatable bonds is 8. The highest BCUT2D eigenvalue weighted by Crippen LogP contribution is 2.25. The van der Waals surface area contributed by atoms with Gasteiger partial charge in [0.2, 0.25) is 0 Å². The molecule has 0 aliphatic carbocycles. The minimum absolute atomic E-state index is 0.0936. The number of nitro groups is 1. The Bertz CT molecular complexity index is 949. The first kappa shape index (κ1) is 21.5. The molecule has 0 spiro atoms. The highest BCUT2D eigenvalue weighted by atomic mass is 32.2. The normalized spacial score (nSPS) is 11.8. The zero-order valence-electron chi connectivity index (χ0n) is 15.7. The minimum atomic E-state index is -4.04. The maximum absolute atomic E-state index is 12.3. The molecule has 0 atom stereocenters. The van der Waals surface area contributed by atoms with Gasteiger partial charge in [0.05, 0.1) is 21.8 Å². The SMILES string of the molecule is CCC(C)(C)C(=O)Oc1ccc(S(=O)(=O)OCc2ccc([N+](=O)[O-])cc2)cc1. The number of hydrogen-bond acceptors (Lipinski definition) is 7. The average molecular weight is 407 g/mol. The van der Waals surface area contributed by atoms with Gasteiger partial charge in [-0.1, -0.05) is 6.92 Å². The van der Waals surface area contributed by atoms with Crippen LogP contribution in [0.3, 0.4) is 0 Å². The van der Waals surface area contributed by atoms with Crippen LogP contribution in [0.5, 0.6) is 5.75 Å². The summed E-state index contributed by atoms with van der Waals surface area (Å²) in [4.78, 5) is 22.1. The Labute approximate surface area is 163 Å². The van der Waals surface area contributed by atoms with Gasteiger partial charge in [0, 0.05) is 12.1 Å². The van der Waals surface area contributed by atoms with Crippen molar-refractivity contribution in [2.75, 3.05) is 0 Å². The number of ether oxygens (including phenoxy) is 1. The molecule has 150 valence electrons. The van der Waals surface area contributed by atoms with Crippen LogP contribution in [0.1, 0.15) is 32.8 Å². The maximum Gasteiger partial charge on any atom is 0.316 e. The van der Waals surface area contributed by atoms with Gasteiger partial charge in [0.1, 0.15) is 5.75 Å². The molecule has 2 aromatic rings. The summed E-state index contributed by atoms with van der Waals surface area (Å²) in [6.07, 6.45) is 0.606. The molecule has 0 fully saturated rings. The first-order valence-electron chi connectivity index (χ1n) is 8.50. The van der Waals surface area contributed by atoms with Crippen molar-refractivity contribution in [2.45, 2.75) is 38.7 Å². The number of nitro benzene ring substituents is 1. The summed E-state index contributed by atoms with van der Waals surface area (Å²) >= 11 is 0. The molecule has 0 aliphatic heterocycles. The predicted molar refractivity (Wildman–Crippen MR) is 101 cm³/mol. The van der Waals surface area contributed by atoms with Crippen molar-refractivity contribution >= 4 is 21.8 Å². The molecule has 0 aliphatic rings. The molecule has 0 unspecified atom stereocenters. The van der Waals surface area contributed by atoms with E-state index in [0.29, 0.717) is 12.0 Å². The van der Waals surface area contributed by atoms with Crippen molar-refractivity contribution in [3.8, 4) is 5.75 Å². The first-order chi connectivity index (χ1) is 13.0. The third kappa shape index (κ3) is 5.37. The van der Waals surface area contributed by atoms with Crippen LogP contribution in [0.25, 0.3) is 0 Å². The predicted octanol–water partition coefficient (Wildman–Crippen LogP) is 3.84. The van der Waals surface area contributed by atoms with Gasteiger partial charge in [-0.15, -0.1) is 0 Å². The van der Waals surface area contributed by atoms with Crippen LogP contribution >= 0.6 is 0 Å². The Morgan fingerprint density at radius 2 is 1.64 bits per heavy atom. The molecule has 2 rings (SSSR count). The molecule has 0 amide bonds. The second kappa shape index (κ2) is 8.49. The fourth-order valence-corrected chi connectivity index (χ4v) is 2.89. The molecule has 0 N–H and O–H groups in total. The van der Waals surface area contributed by atoms with Crippen LogP contribution < -0.4 is 4.74 Å². The summed E-state index contributed by atoms with van der Waals surface area (Å²) in [5, 5.41) is 10.6. The molecular weight excluding hydrogens is 386 g/mol. The summed E-state index contributed by atoms with van der Waals surface area (Å²) in [5.74, 6) is -0.166. The second-order valence-electron chi connectivity index (χ2n) is 6.74. The lowest BCUT2D eigenvalue weighted by atomic mass is 9.91. The van der Waals surface area contributed by atoms with Crippen LogP contribution in [0, 0.1) is 15.5 Å². The lowest BCUT2D eigenvalue weighted by Crippen LogP contribution is -2.28. The zero-order valence-corrected chi connectivity index (χ0v) is 16.6. The van der Waals surface area contributed by atoms with Gasteiger partial charge in [-0.2, -0.15) is 8.42 Å². The van der Waals surface area contributed by atoms with Crippen LogP contribution in [-0.4, -0.2) is 19.3 Å². The maximum atomic E-state index is 12.3. The van der Waals surface area contributed by atoms with Crippen LogP contribution in [0.2, 0.25) is 0 Å². The first-order valence-corrected chi connectivity index (χ1v) is 9.91. The number of esters is 1. The molecule has 0 saturated heterocycles. The van der Waals surface area contributed by atoms with E-state index in [-0.39, 0.29) is 22.9 Å². The van der Waals surface area contributed by atoms with Crippen molar-refractivity contribution in [3.05, 3.63) is 64.2 Å². The fraction of sp³-hybridized carbons (Fsp3) is 0.316. The summed E-state index contributed by atoms with van der Waals surface area (Å²) in [6.45, 7) is 5.14. The number of non-ortho nitro benzene ring substituents is 1. The Morgan fingerprint density at radius 1 is 1.07 bits per heavy atom. The van der Waals surface area contributed by atoms with E-state index in [4.69, 9.17) is 8.92 Å². The Hall–Kier alpha value is -2.78. The van der Waals surface area contributed by atoms with Gasteiger partial charge < -0.3 is 4.74 Å². The molecular formula is C19H21NO7S. The van der Waals surface area contributed by atoms with Gasteiger partial charge in [-0.25, -0.2) is 0 Å². The molecule has 0 aromatic heterocycles. The molecule has 0 heterocycles. The van der Waals surface area contributed by atoms with Crippen molar-refractivity contribution in [2.24, 2.45) is 5.41 Å². The molecule has 0 radical (unpaired) electrons. The summed E-state index contributed by atoms with van der Waals surface area (Å²) < 4.78 is 34.8. The molecule has 0 saturated carbocycles. The van der Waals surface area contributed by atoms with E-state index in [1.54, 1.807) is 13.8 Å². The number of benzene rings is 2. The molecule has 0 bridgehead atoms. The summed E-state index contributed by atoms with van der Waals surface area (Å²) in [7, 11) is -4.04. The topological polar surface area (TPSA) is 113 Å². The van der Waals surface area contributed by atoms with E-state index < -0.39 is 26.4 Å². The average Bonchev–Trinajstić information content (AvgIpc) is 2.67. The highest BCUT2D eigenvalue weighted by Gasteiger charge is 2.27. The highest BCUT2D eigenvalue weighted by molar-refractivity contribution is 7.86. The van der Waals surface area contributed by atoms with E-state index in [9.17, 15) is 23.3 Å². The molecule has 28 heavy (non-hydrogen) atoms. The molecule has 9 heteroatoms. The smallest absolute Gasteiger partial charge is 0.316 e. The standard InChI is InChI=1S/C19H21NO7S/c1-4-19(2,3)18(21)27-16-9-11-17(12-10-16)28(24,25)26-13-14-5-7-15(8-6-14)20(22)23/h5-12H,4,13H2,1-3H3. The van der Waals surface area contributed by atoms with Crippen molar-refractivity contribution in [1.82, 2.24) is 0 Å². The van der Waals surface area contributed by atoms with Crippen LogP contribution in [0.4, 0.5) is 5.69 Å². The van der Waals surface area contributed by atoms with E-state index in [2.05, 4.69) is 0 Å². The van der Waals surface area contributed by atoms with Crippen LogP contribution in [0.15, 0.2) is 53.4 Å². The fourth-order valence-electron chi connectivity index (χ4n) is 1.99. The molecule has 8 nitrogen and oxygen atoms in total. The second-order valence-corrected chi connectivity index (χ2v) is 8.35. The van der Waals surface area contributed by atoms with E-state index >= 15 is 0 Å². The van der Waals surface area contributed by atoms with E-state index in [0.717, 1.165) is 0 Å². The van der Waals surface area contributed by atoms with Crippen LogP contribution in [-0.2, 0) is 25.7 Å². The Kier molecular flexibility index (Phi) is 6.52. The van der Waals surface area contributed by atoms with Gasteiger partial charge in [-0.3, -0.25) is 19.1 Å². The lowest BCUT2D eigenvalue weighted by Gasteiger charge is -2.20. The van der Waals surface area contributed by atoms with Crippen molar-refractivity contribution < 1.29 is 27.1 Å². The van der Waals surface area contributed by atoms with Gasteiger partial charge in [0.25, 0.3) is 15.8 Å². The monoisotopic (exact) mass is 407 g/mol. The molecule has 2 aromatic carbocycles.